The van der Waals surface area contributed by atoms with Crippen LogP contribution in [0.5, 0.6) is 17.2 Å². The lowest BCUT2D eigenvalue weighted by atomic mass is 10.1. The van der Waals surface area contributed by atoms with E-state index >= 15 is 0 Å². The SMILES string of the molecule is NC(=O)OCC(O)c1ccccc1Oc1cc(F)ccc1O. The summed E-state index contributed by atoms with van der Waals surface area (Å²) in [5.41, 5.74) is 5.14. The number of carbonyl (C=O) groups is 1. The Kier molecular flexibility index (Phi) is 4.80. The van der Waals surface area contributed by atoms with Gasteiger partial charge in [0.2, 0.25) is 0 Å². The van der Waals surface area contributed by atoms with Crippen molar-refractivity contribution in [3.63, 3.8) is 0 Å². The molecule has 0 aromatic heterocycles. The van der Waals surface area contributed by atoms with Gasteiger partial charge >= 0.3 is 6.09 Å². The molecule has 0 spiro atoms. The fourth-order valence-corrected chi connectivity index (χ4v) is 1.79. The summed E-state index contributed by atoms with van der Waals surface area (Å²) in [7, 11) is 0. The number of amides is 1. The van der Waals surface area contributed by atoms with Gasteiger partial charge in [-0.2, -0.15) is 0 Å². The van der Waals surface area contributed by atoms with Crippen molar-refractivity contribution in [1.29, 1.82) is 0 Å². The summed E-state index contributed by atoms with van der Waals surface area (Å²) in [6.07, 6.45) is -2.19. The molecule has 0 heterocycles. The minimum Gasteiger partial charge on any atom is -0.504 e. The highest BCUT2D eigenvalue weighted by Crippen LogP contribution is 2.34. The number of hydrogen-bond donors (Lipinski definition) is 3. The summed E-state index contributed by atoms with van der Waals surface area (Å²) in [5, 5.41) is 19.7. The Balaban J connectivity index is 2.24. The predicted molar refractivity (Wildman–Crippen MR) is 75.1 cm³/mol. The van der Waals surface area contributed by atoms with Crippen LogP contribution in [0.15, 0.2) is 42.5 Å². The van der Waals surface area contributed by atoms with Crippen LogP contribution in [0.4, 0.5) is 9.18 Å². The van der Waals surface area contributed by atoms with Crippen LogP contribution >= 0.6 is 0 Å². The number of halogens is 1. The highest BCUT2D eigenvalue weighted by molar-refractivity contribution is 5.64. The summed E-state index contributed by atoms with van der Waals surface area (Å²) >= 11 is 0. The molecular formula is C15H14FNO5. The maximum atomic E-state index is 13.2. The van der Waals surface area contributed by atoms with E-state index in [1.54, 1.807) is 18.2 Å². The van der Waals surface area contributed by atoms with E-state index in [1.807, 2.05) is 0 Å². The second kappa shape index (κ2) is 6.77. The molecule has 0 fully saturated rings. The molecule has 0 radical (unpaired) electrons. The number of benzene rings is 2. The van der Waals surface area contributed by atoms with Gasteiger partial charge in [0.15, 0.2) is 11.5 Å². The number of phenolic OH excluding ortho intramolecular Hbond substituents is 1. The minimum atomic E-state index is -1.18. The quantitative estimate of drug-likeness (QED) is 0.787. The molecule has 0 aliphatic heterocycles. The van der Waals surface area contributed by atoms with Gasteiger partial charge in [-0.05, 0) is 18.2 Å². The summed E-state index contributed by atoms with van der Waals surface area (Å²) in [6.45, 7) is -0.356. The van der Waals surface area contributed by atoms with Crippen molar-refractivity contribution in [2.45, 2.75) is 6.10 Å². The smallest absolute Gasteiger partial charge is 0.404 e. The molecule has 4 N–H and O–H groups in total. The minimum absolute atomic E-state index is 0.101. The lowest BCUT2D eigenvalue weighted by Crippen LogP contribution is -2.18. The molecular weight excluding hydrogens is 293 g/mol. The Bertz CT molecular complexity index is 677. The number of phenols is 1. The maximum absolute atomic E-state index is 13.2. The van der Waals surface area contributed by atoms with E-state index in [9.17, 15) is 19.4 Å². The number of nitrogens with two attached hydrogens (primary N) is 1. The van der Waals surface area contributed by atoms with Gasteiger partial charge in [-0.1, -0.05) is 18.2 Å². The van der Waals surface area contributed by atoms with Crippen molar-refractivity contribution in [3.05, 3.63) is 53.8 Å². The van der Waals surface area contributed by atoms with Crippen molar-refractivity contribution in [3.8, 4) is 17.2 Å². The summed E-state index contributed by atoms with van der Waals surface area (Å²) in [6, 6.07) is 9.59. The van der Waals surface area contributed by atoms with Crippen molar-refractivity contribution < 1.29 is 28.9 Å². The Labute approximate surface area is 125 Å². The number of carbonyl (C=O) groups excluding carboxylic acids is 1. The molecule has 0 aliphatic carbocycles. The molecule has 2 aromatic carbocycles. The third kappa shape index (κ3) is 3.86. The first-order chi connectivity index (χ1) is 10.5. The van der Waals surface area contributed by atoms with E-state index in [4.69, 9.17) is 10.5 Å². The van der Waals surface area contributed by atoms with Crippen LogP contribution < -0.4 is 10.5 Å². The maximum Gasteiger partial charge on any atom is 0.404 e. The highest BCUT2D eigenvalue weighted by Gasteiger charge is 2.16. The average Bonchev–Trinajstić information content (AvgIpc) is 2.49. The monoisotopic (exact) mass is 307 g/mol. The predicted octanol–water partition coefficient (Wildman–Crippen LogP) is 2.45. The Morgan fingerprint density at radius 2 is 1.95 bits per heavy atom. The Morgan fingerprint density at radius 3 is 2.68 bits per heavy atom. The number of hydrogen-bond acceptors (Lipinski definition) is 5. The lowest BCUT2D eigenvalue weighted by Gasteiger charge is -2.16. The largest absolute Gasteiger partial charge is 0.504 e. The molecule has 0 aliphatic rings. The molecule has 0 saturated heterocycles. The zero-order valence-corrected chi connectivity index (χ0v) is 11.4. The van der Waals surface area contributed by atoms with Gasteiger partial charge in [-0.25, -0.2) is 9.18 Å². The third-order valence-corrected chi connectivity index (χ3v) is 2.80. The van der Waals surface area contributed by atoms with Crippen LogP contribution in [0.1, 0.15) is 11.7 Å². The van der Waals surface area contributed by atoms with Crippen molar-refractivity contribution >= 4 is 6.09 Å². The van der Waals surface area contributed by atoms with Crippen LogP contribution in [0.3, 0.4) is 0 Å². The summed E-state index contributed by atoms with van der Waals surface area (Å²) < 4.78 is 23.2. The van der Waals surface area contributed by atoms with E-state index in [2.05, 4.69) is 4.74 Å². The van der Waals surface area contributed by atoms with Crippen LogP contribution in [0, 0.1) is 5.82 Å². The average molecular weight is 307 g/mol. The van der Waals surface area contributed by atoms with Crippen LogP contribution in [-0.2, 0) is 4.74 Å². The van der Waals surface area contributed by atoms with Gasteiger partial charge in [0.1, 0.15) is 24.3 Å². The van der Waals surface area contributed by atoms with Crippen molar-refractivity contribution in [1.82, 2.24) is 0 Å². The molecule has 2 aromatic rings. The Morgan fingerprint density at radius 1 is 1.23 bits per heavy atom. The molecule has 22 heavy (non-hydrogen) atoms. The summed E-state index contributed by atoms with van der Waals surface area (Å²) in [5.74, 6) is -0.749. The number of rotatable bonds is 5. The molecule has 1 atom stereocenters. The van der Waals surface area contributed by atoms with Gasteiger partial charge in [0.25, 0.3) is 0 Å². The molecule has 7 heteroatoms. The van der Waals surface area contributed by atoms with Gasteiger partial charge < -0.3 is 25.4 Å². The number of aromatic hydroxyl groups is 1. The van der Waals surface area contributed by atoms with E-state index in [1.165, 1.54) is 6.07 Å². The topological polar surface area (TPSA) is 102 Å². The van der Waals surface area contributed by atoms with Gasteiger partial charge in [0.05, 0.1) is 0 Å². The zero-order chi connectivity index (χ0) is 16.1. The van der Waals surface area contributed by atoms with E-state index in [0.717, 1.165) is 18.2 Å². The highest BCUT2D eigenvalue weighted by atomic mass is 19.1. The van der Waals surface area contributed by atoms with Crippen molar-refractivity contribution in [2.75, 3.05) is 6.61 Å². The van der Waals surface area contributed by atoms with Gasteiger partial charge in [-0.3, -0.25) is 0 Å². The second-order valence-electron chi connectivity index (χ2n) is 4.40. The normalized spacial score (nSPS) is 11.7. The number of aliphatic hydroxyl groups excluding tert-OH is 1. The number of aliphatic hydroxyl groups is 1. The van der Waals surface area contributed by atoms with Gasteiger partial charge in [-0.15, -0.1) is 0 Å². The third-order valence-electron chi connectivity index (χ3n) is 2.80. The zero-order valence-electron chi connectivity index (χ0n) is 11.4. The van der Waals surface area contributed by atoms with E-state index in [0.29, 0.717) is 5.56 Å². The lowest BCUT2D eigenvalue weighted by molar-refractivity contribution is 0.0716. The Hall–Kier alpha value is -2.80. The number of ether oxygens (including phenoxy) is 2. The van der Waals surface area contributed by atoms with Crippen LogP contribution in [0.25, 0.3) is 0 Å². The first kappa shape index (κ1) is 15.6. The first-order valence-corrected chi connectivity index (χ1v) is 6.33. The molecule has 0 bridgehead atoms. The number of primary amides is 1. The van der Waals surface area contributed by atoms with Crippen LogP contribution in [0.2, 0.25) is 0 Å². The molecule has 1 amide bonds. The standard InChI is InChI=1S/C15H14FNO5/c16-9-5-6-11(18)14(7-9)22-13-4-2-1-3-10(13)12(19)8-21-15(17)20/h1-7,12,18-19H,8H2,(H2,17,20). The fraction of sp³-hybridized carbons (Fsp3) is 0.133. The molecule has 0 saturated carbocycles. The van der Waals surface area contributed by atoms with E-state index < -0.39 is 18.0 Å². The van der Waals surface area contributed by atoms with Crippen LogP contribution in [-0.4, -0.2) is 22.9 Å². The van der Waals surface area contributed by atoms with Gasteiger partial charge in [0, 0.05) is 11.6 Å². The molecule has 116 valence electrons. The second-order valence-corrected chi connectivity index (χ2v) is 4.40. The number of para-hydroxylation sites is 1. The first-order valence-electron chi connectivity index (χ1n) is 6.33. The fourth-order valence-electron chi connectivity index (χ4n) is 1.79. The molecule has 6 nitrogen and oxygen atoms in total. The summed E-state index contributed by atoms with van der Waals surface area (Å²) in [4.78, 5) is 10.6. The molecule has 1 unspecified atom stereocenters. The molecule has 2 rings (SSSR count). The van der Waals surface area contributed by atoms with Crippen molar-refractivity contribution in [2.24, 2.45) is 5.73 Å². The van der Waals surface area contributed by atoms with E-state index in [-0.39, 0.29) is 23.9 Å².